The fourth-order valence-electron chi connectivity index (χ4n) is 2.00. The number of nitrogen functional groups attached to an aromatic ring is 1. The number of nitro groups is 1. The third kappa shape index (κ3) is 3.34. The summed E-state index contributed by atoms with van der Waals surface area (Å²) in [5, 5.41) is 13.8. The summed E-state index contributed by atoms with van der Waals surface area (Å²) in [7, 11) is 0. The first kappa shape index (κ1) is 14.9. The Hall–Kier alpha value is -1.47. The monoisotopic (exact) mass is 315 g/mol. The van der Waals surface area contributed by atoms with Crippen LogP contribution in [0.15, 0.2) is 12.1 Å². The lowest BCUT2D eigenvalue weighted by atomic mass is 10.1. The Bertz CT molecular complexity index is 547. The fraction of sp³-hybridized carbons (Fsp3) is 0.417. The Kier molecular flexibility index (Phi) is 4.72. The molecule has 0 unspecified atom stereocenters. The summed E-state index contributed by atoms with van der Waals surface area (Å²) in [6.45, 7) is 0. The number of benzene rings is 1. The fourth-order valence-corrected chi connectivity index (χ4v) is 3.32. The molecule has 1 amide bonds. The average Bonchev–Trinajstić information content (AvgIpc) is 2.42. The van der Waals surface area contributed by atoms with Crippen molar-refractivity contribution in [2.45, 2.75) is 18.9 Å². The van der Waals surface area contributed by atoms with Crippen molar-refractivity contribution in [2.24, 2.45) is 0 Å². The molecule has 1 aromatic carbocycles. The zero-order chi connectivity index (χ0) is 14.7. The predicted molar refractivity (Wildman–Crippen MR) is 80.3 cm³/mol. The van der Waals surface area contributed by atoms with E-state index >= 15 is 0 Å². The van der Waals surface area contributed by atoms with Crippen molar-refractivity contribution in [1.82, 2.24) is 5.32 Å². The zero-order valence-electron chi connectivity index (χ0n) is 10.6. The lowest BCUT2D eigenvalue weighted by molar-refractivity contribution is -0.383. The van der Waals surface area contributed by atoms with Crippen LogP contribution in [0.5, 0.6) is 0 Å². The largest absolute Gasteiger partial charge is 0.392 e. The highest BCUT2D eigenvalue weighted by molar-refractivity contribution is 7.99. The maximum Gasteiger partial charge on any atom is 0.294 e. The minimum absolute atomic E-state index is 0.0172. The molecule has 1 saturated heterocycles. The van der Waals surface area contributed by atoms with Crippen molar-refractivity contribution in [3.63, 3.8) is 0 Å². The molecule has 1 aliphatic rings. The second-order valence-corrected chi connectivity index (χ2v) is 6.14. The molecular formula is C12H14ClN3O3S. The Morgan fingerprint density at radius 2 is 2.10 bits per heavy atom. The highest BCUT2D eigenvalue weighted by Gasteiger charge is 2.21. The van der Waals surface area contributed by atoms with Crippen molar-refractivity contribution in [1.29, 1.82) is 0 Å². The van der Waals surface area contributed by atoms with Gasteiger partial charge in [-0.15, -0.1) is 0 Å². The van der Waals surface area contributed by atoms with Gasteiger partial charge in [-0.2, -0.15) is 11.8 Å². The number of carbonyl (C=O) groups excluding carboxylic acids is 1. The molecular weight excluding hydrogens is 302 g/mol. The highest BCUT2D eigenvalue weighted by atomic mass is 35.5. The van der Waals surface area contributed by atoms with Crippen LogP contribution in [0.2, 0.25) is 5.02 Å². The SMILES string of the molecule is Nc1c(Cl)cc(C(=O)NC2CCSCC2)cc1[N+](=O)[O-]. The maximum absolute atomic E-state index is 12.1. The van der Waals surface area contributed by atoms with Gasteiger partial charge in [-0.3, -0.25) is 14.9 Å². The summed E-state index contributed by atoms with van der Waals surface area (Å²) in [5.41, 5.74) is 5.22. The van der Waals surface area contributed by atoms with Crippen molar-refractivity contribution >= 4 is 40.6 Å². The number of nitrogens with zero attached hydrogens (tertiary/aromatic N) is 1. The third-order valence-electron chi connectivity index (χ3n) is 3.12. The summed E-state index contributed by atoms with van der Waals surface area (Å²) < 4.78 is 0. The van der Waals surface area contributed by atoms with Crippen molar-refractivity contribution in [3.05, 3.63) is 32.8 Å². The topological polar surface area (TPSA) is 98.3 Å². The molecule has 8 heteroatoms. The Morgan fingerprint density at radius 1 is 1.45 bits per heavy atom. The number of thioether (sulfide) groups is 1. The summed E-state index contributed by atoms with van der Waals surface area (Å²) in [6, 6.07) is 2.63. The predicted octanol–water partition coefficient (Wildman–Crippen LogP) is 2.46. The number of carbonyl (C=O) groups is 1. The molecule has 0 bridgehead atoms. The number of nitrogens with two attached hydrogens (primary N) is 1. The van der Waals surface area contributed by atoms with Crippen LogP contribution in [-0.2, 0) is 0 Å². The number of amides is 1. The quantitative estimate of drug-likeness (QED) is 0.507. The number of nitro benzene ring substituents is 1. The summed E-state index contributed by atoms with van der Waals surface area (Å²) in [5.74, 6) is 1.66. The van der Waals surface area contributed by atoms with E-state index in [1.54, 1.807) is 0 Å². The van der Waals surface area contributed by atoms with Crippen LogP contribution in [0.1, 0.15) is 23.2 Å². The first-order valence-corrected chi connectivity index (χ1v) is 7.64. The first-order chi connectivity index (χ1) is 9.49. The number of hydrogen-bond donors (Lipinski definition) is 2. The number of anilines is 1. The van der Waals surface area contributed by atoms with Crippen LogP contribution in [0, 0.1) is 10.1 Å². The molecule has 3 N–H and O–H groups in total. The molecule has 2 rings (SSSR count). The van der Waals surface area contributed by atoms with Gasteiger partial charge in [0.1, 0.15) is 5.69 Å². The van der Waals surface area contributed by atoms with Gasteiger partial charge in [0.25, 0.3) is 11.6 Å². The Labute approximate surface area is 125 Å². The van der Waals surface area contributed by atoms with Gasteiger partial charge >= 0.3 is 0 Å². The van der Waals surface area contributed by atoms with Gasteiger partial charge in [-0.05, 0) is 30.4 Å². The Morgan fingerprint density at radius 3 is 2.70 bits per heavy atom. The number of hydrogen-bond acceptors (Lipinski definition) is 5. The Balaban J connectivity index is 2.19. The van der Waals surface area contributed by atoms with Crippen LogP contribution in [-0.4, -0.2) is 28.4 Å². The summed E-state index contributed by atoms with van der Waals surface area (Å²) in [6.07, 6.45) is 1.81. The lowest BCUT2D eigenvalue weighted by Crippen LogP contribution is -2.37. The molecule has 1 fully saturated rings. The van der Waals surface area contributed by atoms with Crippen LogP contribution >= 0.6 is 23.4 Å². The minimum Gasteiger partial charge on any atom is -0.392 e. The molecule has 108 valence electrons. The molecule has 0 saturated carbocycles. The minimum atomic E-state index is -0.644. The van der Waals surface area contributed by atoms with Gasteiger partial charge < -0.3 is 11.1 Å². The van der Waals surface area contributed by atoms with Gasteiger partial charge in [0, 0.05) is 17.7 Å². The number of rotatable bonds is 3. The van der Waals surface area contributed by atoms with E-state index in [-0.39, 0.29) is 33.9 Å². The van der Waals surface area contributed by atoms with Crippen LogP contribution in [0.4, 0.5) is 11.4 Å². The molecule has 0 spiro atoms. The van der Waals surface area contributed by atoms with Crippen molar-refractivity contribution < 1.29 is 9.72 Å². The number of halogens is 1. The smallest absolute Gasteiger partial charge is 0.294 e. The van der Waals surface area contributed by atoms with E-state index in [0.29, 0.717) is 0 Å². The maximum atomic E-state index is 12.1. The normalized spacial score (nSPS) is 15.8. The molecule has 0 atom stereocenters. The average molecular weight is 316 g/mol. The summed E-state index contributed by atoms with van der Waals surface area (Å²) >= 11 is 7.69. The molecule has 20 heavy (non-hydrogen) atoms. The van der Waals surface area contributed by atoms with Gasteiger partial charge in [0.15, 0.2) is 0 Å². The zero-order valence-corrected chi connectivity index (χ0v) is 12.2. The lowest BCUT2D eigenvalue weighted by Gasteiger charge is -2.22. The molecule has 0 aromatic heterocycles. The first-order valence-electron chi connectivity index (χ1n) is 6.11. The van der Waals surface area contributed by atoms with Crippen molar-refractivity contribution in [3.8, 4) is 0 Å². The summed E-state index contributed by atoms with van der Waals surface area (Å²) in [4.78, 5) is 22.3. The van der Waals surface area contributed by atoms with Crippen LogP contribution in [0.3, 0.4) is 0 Å². The second-order valence-electron chi connectivity index (χ2n) is 4.51. The van der Waals surface area contributed by atoms with E-state index in [0.717, 1.165) is 30.4 Å². The van der Waals surface area contributed by atoms with Gasteiger partial charge in [-0.1, -0.05) is 11.6 Å². The third-order valence-corrected chi connectivity index (χ3v) is 4.48. The molecule has 0 radical (unpaired) electrons. The molecule has 1 heterocycles. The standard InChI is InChI=1S/C12H14ClN3O3S/c13-9-5-7(6-10(11(9)14)16(18)19)12(17)15-8-1-3-20-4-2-8/h5-6,8H,1-4,14H2,(H,15,17). The molecule has 1 aliphatic heterocycles. The van der Waals surface area contributed by atoms with E-state index in [9.17, 15) is 14.9 Å². The van der Waals surface area contributed by atoms with E-state index in [1.165, 1.54) is 6.07 Å². The molecule has 1 aromatic rings. The van der Waals surface area contributed by atoms with E-state index in [4.69, 9.17) is 17.3 Å². The van der Waals surface area contributed by atoms with E-state index < -0.39 is 4.92 Å². The van der Waals surface area contributed by atoms with Gasteiger partial charge in [-0.25, -0.2) is 0 Å². The number of nitrogens with one attached hydrogen (secondary N) is 1. The highest BCUT2D eigenvalue weighted by Crippen LogP contribution is 2.31. The van der Waals surface area contributed by atoms with E-state index in [2.05, 4.69) is 5.32 Å². The molecule has 6 nitrogen and oxygen atoms in total. The van der Waals surface area contributed by atoms with Gasteiger partial charge in [0.05, 0.1) is 9.95 Å². The molecule has 0 aliphatic carbocycles. The van der Waals surface area contributed by atoms with E-state index in [1.807, 2.05) is 11.8 Å². The van der Waals surface area contributed by atoms with Gasteiger partial charge in [0.2, 0.25) is 0 Å². The second kappa shape index (κ2) is 6.32. The van der Waals surface area contributed by atoms with Crippen molar-refractivity contribution in [2.75, 3.05) is 17.2 Å². The van der Waals surface area contributed by atoms with Crippen LogP contribution < -0.4 is 11.1 Å². The van der Waals surface area contributed by atoms with Crippen LogP contribution in [0.25, 0.3) is 0 Å².